The van der Waals surface area contributed by atoms with Gasteiger partial charge < -0.3 is 10.2 Å². The molecular weight excluding hydrogens is 312 g/mol. The first-order valence-electron chi connectivity index (χ1n) is 9.56. The minimum atomic E-state index is 0.671. The van der Waals surface area contributed by atoms with Gasteiger partial charge in [-0.3, -0.25) is 0 Å². The van der Waals surface area contributed by atoms with Crippen molar-refractivity contribution in [3.63, 3.8) is 0 Å². The van der Waals surface area contributed by atoms with E-state index in [1.54, 1.807) is 18.0 Å². The molecule has 0 radical (unpaired) electrons. The Hall–Kier alpha value is -2.24. The van der Waals surface area contributed by atoms with Gasteiger partial charge in [-0.25, -0.2) is 9.97 Å². The molecule has 0 amide bonds. The number of nitrogens with one attached hydrogen (secondary N) is 1. The molecule has 0 spiro atoms. The molecule has 2 aromatic heterocycles. The van der Waals surface area contributed by atoms with Gasteiger partial charge in [-0.1, -0.05) is 11.6 Å². The van der Waals surface area contributed by atoms with Gasteiger partial charge in [0.1, 0.15) is 0 Å². The van der Waals surface area contributed by atoms with Crippen LogP contribution in [0.4, 0.5) is 11.8 Å². The van der Waals surface area contributed by atoms with E-state index in [0.717, 1.165) is 37.4 Å². The Morgan fingerprint density at radius 1 is 0.960 bits per heavy atom. The largest absolute Gasteiger partial charge is 0.355 e. The number of rotatable bonds is 5. The number of allylic oxidation sites excluding steroid dienone is 1. The van der Waals surface area contributed by atoms with Gasteiger partial charge in [0, 0.05) is 32.0 Å². The molecule has 0 saturated carbocycles. The zero-order chi connectivity index (χ0) is 16.9. The lowest BCUT2D eigenvalue weighted by Crippen LogP contribution is -2.31. The fourth-order valence-corrected chi connectivity index (χ4v) is 3.72. The van der Waals surface area contributed by atoms with Crippen molar-refractivity contribution in [2.75, 3.05) is 29.9 Å². The molecule has 3 heterocycles. The van der Waals surface area contributed by atoms with Crippen LogP contribution in [-0.2, 0) is 0 Å². The molecule has 0 aromatic carbocycles. The second-order valence-electron chi connectivity index (χ2n) is 6.93. The Balaban J connectivity index is 1.53. The first kappa shape index (κ1) is 16.2. The molecule has 1 aliphatic carbocycles. The quantitative estimate of drug-likeness (QED) is 0.838. The summed E-state index contributed by atoms with van der Waals surface area (Å²) >= 11 is 0. The van der Waals surface area contributed by atoms with Crippen molar-refractivity contribution in [1.82, 2.24) is 19.9 Å². The molecule has 1 fully saturated rings. The second kappa shape index (κ2) is 7.76. The van der Waals surface area contributed by atoms with E-state index in [4.69, 9.17) is 4.98 Å². The van der Waals surface area contributed by atoms with Gasteiger partial charge in [0.25, 0.3) is 0 Å². The van der Waals surface area contributed by atoms with Crippen molar-refractivity contribution >= 4 is 22.9 Å². The molecule has 4 rings (SSSR count). The SMILES string of the molecule is C1=C(CCNc2nc(N3CCCCC3)c3nccnc3n2)CCCC1. The molecule has 1 aliphatic heterocycles. The van der Waals surface area contributed by atoms with Gasteiger partial charge in [-0.15, -0.1) is 0 Å². The number of piperidine rings is 1. The van der Waals surface area contributed by atoms with Gasteiger partial charge in [0.2, 0.25) is 5.95 Å². The lowest BCUT2D eigenvalue weighted by atomic mass is 9.97. The van der Waals surface area contributed by atoms with Crippen LogP contribution in [0.25, 0.3) is 11.2 Å². The summed E-state index contributed by atoms with van der Waals surface area (Å²) < 4.78 is 0. The van der Waals surface area contributed by atoms with E-state index in [0.29, 0.717) is 11.6 Å². The van der Waals surface area contributed by atoms with E-state index in [-0.39, 0.29) is 0 Å². The van der Waals surface area contributed by atoms with E-state index >= 15 is 0 Å². The Morgan fingerprint density at radius 3 is 2.68 bits per heavy atom. The maximum absolute atomic E-state index is 4.79. The number of hydrogen-bond acceptors (Lipinski definition) is 6. The number of fused-ring (bicyclic) bond motifs is 1. The zero-order valence-corrected chi connectivity index (χ0v) is 14.7. The van der Waals surface area contributed by atoms with Crippen LogP contribution in [0.5, 0.6) is 0 Å². The average molecular weight is 338 g/mol. The van der Waals surface area contributed by atoms with Gasteiger partial charge in [0.15, 0.2) is 17.0 Å². The second-order valence-corrected chi connectivity index (χ2v) is 6.93. The molecule has 1 saturated heterocycles. The maximum atomic E-state index is 4.79. The molecule has 0 atom stereocenters. The third-order valence-corrected chi connectivity index (χ3v) is 5.08. The van der Waals surface area contributed by atoms with Gasteiger partial charge >= 0.3 is 0 Å². The Morgan fingerprint density at radius 2 is 1.84 bits per heavy atom. The van der Waals surface area contributed by atoms with E-state index in [1.807, 2.05) is 0 Å². The highest BCUT2D eigenvalue weighted by Gasteiger charge is 2.18. The topological polar surface area (TPSA) is 66.8 Å². The van der Waals surface area contributed by atoms with Crippen molar-refractivity contribution in [1.29, 1.82) is 0 Å². The van der Waals surface area contributed by atoms with Crippen molar-refractivity contribution in [2.24, 2.45) is 0 Å². The summed E-state index contributed by atoms with van der Waals surface area (Å²) in [6, 6.07) is 0. The lowest BCUT2D eigenvalue weighted by molar-refractivity contribution is 0.574. The third-order valence-electron chi connectivity index (χ3n) is 5.08. The Kier molecular flexibility index (Phi) is 5.04. The normalized spacial score (nSPS) is 18.2. The van der Waals surface area contributed by atoms with Crippen molar-refractivity contribution in [3.8, 4) is 0 Å². The van der Waals surface area contributed by atoms with Crippen LogP contribution in [-0.4, -0.2) is 39.6 Å². The molecule has 1 N–H and O–H groups in total. The first-order valence-corrected chi connectivity index (χ1v) is 9.56. The molecule has 132 valence electrons. The zero-order valence-electron chi connectivity index (χ0n) is 14.7. The first-order chi connectivity index (χ1) is 12.4. The predicted octanol–water partition coefficient (Wildman–Crippen LogP) is 3.71. The van der Waals surface area contributed by atoms with Crippen LogP contribution in [0.1, 0.15) is 51.4 Å². The minimum absolute atomic E-state index is 0.671. The van der Waals surface area contributed by atoms with Crippen LogP contribution in [0, 0.1) is 0 Å². The van der Waals surface area contributed by atoms with E-state index < -0.39 is 0 Å². The summed E-state index contributed by atoms with van der Waals surface area (Å²) in [5.74, 6) is 1.60. The highest BCUT2D eigenvalue weighted by molar-refractivity contribution is 5.83. The molecule has 25 heavy (non-hydrogen) atoms. The van der Waals surface area contributed by atoms with Gasteiger partial charge in [0.05, 0.1) is 0 Å². The van der Waals surface area contributed by atoms with Gasteiger partial charge in [-0.2, -0.15) is 9.97 Å². The van der Waals surface area contributed by atoms with Crippen molar-refractivity contribution in [3.05, 3.63) is 24.0 Å². The standard InChI is InChI=1S/C19H26N6/c1-3-7-15(8-4-1)9-10-22-19-23-17-16(20-11-12-21-17)18(24-19)25-13-5-2-6-14-25/h7,11-12H,1-6,8-10,13-14H2,(H,21,22,23,24). The van der Waals surface area contributed by atoms with E-state index in [1.165, 1.54) is 44.9 Å². The Labute approximate surface area is 148 Å². The predicted molar refractivity (Wildman–Crippen MR) is 101 cm³/mol. The van der Waals surface area contributed by atoms with Crippen molar-refractivity contribution in [2.45, 2.75) is 51.4 Å². The summed E-state index contributed by atoms with van der Waals surface area (Å²) in [6.45, 7) is 2.95. The average Bonchev–Trinajstić information content (AvgIpc) is 2.69. The molecule has 6 heteroatoms. The monoisotopic (exact) mass is 338 g/mol. The molecule has 2 aromatic rings. The smallest absolute Gasteiger partial charge is 0.226 e. The van der Waals surface area contributed by atoms with Crippen LogP contribution in [0.2, 0.25) is 0 Å². The summed E-state index contributed by atoms with van der Waals surface area (Å²) in [5.41, 5.74) is 3.05. The molecule has 2 aliphatic rings. The minimum Gasteiger partial charge on any atom is -0.355 e. The third kappa shape index (κ3) is 3.89. The molecule has 0 bridgehead atoms. The molecular formula is C19H26N6. The number of anilines is 2. The number of hydrogen-bond donors (Lipinski definition) is 1. The van der Waals surface area contributed by atoms with Gasteiger partial charge in [-0.05, 0) is 51.4 Å². The fourth-order valence-electron chi connectivity index (χ4n) is 3.72. The number of aromatic nitrogens is 4. The van der Waals surface area contributed by atoms with Crippen molar-refractivity contribution < 1.29 is 0 Å². The van der Waals surface area contributed by atoms with Crippen LogP contribution < -0.4 is 10.2 Å². The fraction of sp³-hybridized carbons (Fsp3) is 0.579. The molecule has 0 unspecified atom stereocenters. The molecule has 6 nitrogen and oxygen atoms in total. The van der Waals surface area contributed by atoms with Crippen LogP contribution >= 0.6 is 0 Å². The highest BCUT2D eigenvalue weighted by atomic mass is 15.2. The van der Waals surface area contributed by atoms with Crippen LogP contribution in [0.15, 0.2) is 24.0 Å². The summed E-state index contributed by atoms with van der Waals surface area (Å²) in [4.78, 5) is 20.6. The number of nitrogens with zero attached hydrogens (tertiary/aromatic N) is 5. The Bertz CT molecular complexity index is 751. The van der Waals surface area contributed by atoms with Crippen LogP contribution in [0.3, 0.4) is 0 Å². The lowest BCUT2D eigenvalue weighted by Gasteiger charge is -2.28. The van der Waals surface area contributed by atoms with E-state index in [9.17, 15) is 0 Å². The summed E-state index contributed by atoms with van der Waals surface area (Å²) in [6.07, 6.45) is 15.7. The van der Waals surface area contributed by atoms with E-state index in [2.05, 4.69) is 31.2 Å². The summed E-state index contributed by atoms with van der Waals surface area (Å²) in [7, 11) is 0. The maximum Gasteiger partial charge on any atom is 0.226 e. The summed E-state index contributed by atoms with van der Waals surface area (Å²) in [5, 5.41) is 3.41. The highest BCUT2D eigenvalue weighted by Crippen LogP contribution is 2.25.